The number of rotatable bonds is 2. The molecule has 3 heteroatoms. The van der Waals surface area contributed by atoms with Crippen molar-refractivity contribution in [2.45, 2.75) is 45.1 Å². The van der Waals surface area contributed by atoms with Crippen molar-refractivity contribution in [2.75, 3.05) is 0 Å². The van der Waals surface area contributed by atoms with E-state index in [1.165, 1.54) is 5.56 Å². The number of nitrogens with one attached hydrogen (secondary N) is 1. The zero-order valence-corrected chi connectivity index (χ0v) is 11.8. The van der Waals surface area contributed by atoms with Crippen LogP contribution in [0.25, 0.3) is 0 Å². The molecule has 1 aromatic carbocycles. The number of benzene rings is 1. The average Bonchev–Trinajstić information content (AvgIpc) is 2.32. The third kappa shape index (κ3) is 3.37. The predicted molar refractivity (Wildman–Crippen MR) is 76.1 cm³/mol. The molecule has 1 aliphatic heterocycles. The van der Waals surface area contributed by atoms with E-state index in [0.717, 1.165) is 17.9 Å². The van der Waals surface area contributed by atoms with Crippen LogP contribution in [0.4, 0.5) is 0 Å². The van der Waals surface area contributed by atoms with Crippen LogP contribution in [0.2, 0.25) is 0 Å². The van der Waals surface area contributed by atoms with E-state index in [1.807, 2.05) is 12.1 Å². The van der Waals surface area contributed by atoms with Crippen molar-refractivity contribution in [1.29, 1.82) is 0 Å². The van der Waals surface area contributed by atoms with E-state index < -0.39 is 6.10 Å². The third-order valence-electron chi connectivity index (χ3n) is 3.30. The summed E-state index contributed by atoms with van der Waals surface area (Å²) in [6.45, 7) is 10.3. The summed E-state index contributed by atoms with van der Waals surface area (Å²) in [5.41, 5.74) is 2.15. The molecule has 0 spiro atoms. The van der Waals surface area contributed by atoms with Gasteiger partial charge in [0.15, 0.2) is 6.10 Å². The first-order valence-electron chi connectivity index (χ1n) is 6.62. The van der Waals surface area contributed by atoms with E-state index in [1.54, 1.807) is 0 Å². The number of piperidine rings is 1. The molecule has 19 heavy (non-hydrogen) atoms. The van der Waals surface area contributed by atoms with E-state index in [2.05, 4.69) is 44.8 Å². The van der Waals surface area contributed by atoms with Crippen LogP contribution in [0.1, 0.15) is 39.2 Å². The fourth-order valence-electron chi connectivity index (χ4n) is 2.06. The lowest BCUT2D eigenvalue weighted by atomic mass is 9.87. The van der Waals surface area contributed by atoms with Gasteiger partial charge in [0.25, 0.3) is 5.91 Å². The smallest absolute Gasteiger partial charge is 0.265 e. The minimum absolute atomic E-state index is 0.101. The molecule has 1 atom stereocenters. The van der Waals surface area contributed by atoms with Crippen LogP contribution in [-0.2, 0) is 10.2 Å². The SMILES string of the molecule is C=C1CCC(Oc2ccc(C(C)(C)C)cc2)C(=O)N1. The first-order valence-corrected chi connectivity index (χ1v) is 6.62. The van der Waals surface area contributed by atoms with Gasteiger partial charge in [-0.1, -0.05) is 39.5 Å². The van der Waals surface area contributed by atoms with Gasteiger partial charge in [-0.3, -0.25) is 4.79 Å². The summed E-state index contributed by atoms with van der Waals surface area (Å²) in [4.78, 5) is 11.7. The Balaban J connectivity index is 2.04. The Kier molecular flexibility index (Phi) is 3.65. The maximum absolute atomic E-state index is 11.7. The van der Waals surface area contributed by atoms with Gasteiger partial charge in [0.1, 0.15) is 5.75 Å². The van der Waals surface area contributed by atoms with Crippen molar-refractivity contribution in [1.82, 2.24) is 5.32 Å². The Morgan fingerprint density at radius 1 is 1.26 bits per heavy atom. The molecule has 2 rings (SSSR count). The highest BCUT2D eigenvalue weighted by molar-refractivity contribution is 5.83. The summed E-state index contributed by atoms with van der Waals surface area (Å²) >= 11 is 0. The molecule has 0 aliphatic carbocycles. The molecule has 1 amide bonds. The monoisotopic (exact) mass is 259 g/mol. The maximum atomic E-state index is 11.7. The zero-order chi connectivity index (χ0) is 14.0. The van der Waals surface area contributed by atoms with Crippen molar-refractivity contribution < 1.29 is 9.53 Å². The van der Waals surface area contributed by atoms with Gasteiger partial charge in [0, 0.05) is 5.70 Å². The van der Waals surface area contributed by atoms with Gasteiger partial charge in [-0.2, -0.15) is 0 Å². The number of allylic oxidation sites excluding steroid dienone is 1. The quantitative estimate of drug-likeness (QED) is 0.886. The summed E-state index contributed by atoms with van der Waals surface area (Å²) in [5.74, 6) is 0.636. The second-order valence-corrected chi connectivity index (χ2v) is 6.01. The van der Waals surface area contributed by atoms with Crippen LogP contribution in [0, 0.1) is 0 Å². The number of carbonyl (C=O) groups is 1. The molecule has 0 saturated carbocycles. The second kappa shape index (κ2) is 5.08. The molecule has 1 heterocycles. The highest BCUT2D eigenvalue weighted by Gasteiger charge is 2.25. The lowest BCUT2D eigenvalue weighted by Gasteiger charge is -2.25. The molecule has 0 radical (unpaired) electrons. The van der Waals surface area contributed by atoms with Gasteiger partial charge in [-0.25, -0.2) is 0 Å². The summed E-state index contributed by atoms with van der Waals surface area (Å²) in [7, 11) is 0. The lowest BCUT2D eigenvalue weighted by Crippen LogP contribution is -2.41. The van der Waals surface area contributed by atoms with Gasteiger partial charge < -0.3 is 10.1 Å². The summed E-state index contributed by atoms with van der Waals surface area (Å²) < 4.78 is 5.73. The first kappa shape index (κ1) is 13.7. The van der Waals surface area contributed by atoms with Crippen molar-refractivity contribution in [3.05, 3.63) is 42.1 Å². The minimum atomic E-state index is -0.411. The van der Waals surface area contributed by atoms with Gasteiger partial charge >= 0.3 is 0 Å². The van der Waals surface area contributed by atoms with Crippen LogP contribution in [0.5, 0.6) is 5.75 Å². The molecule has 0 bridgehead atoms. The fourth-order valence-corrected chi connectivity index (χ4v) is 2.06. The van der Waals surface area contributed by atoms with Crippen LogP contribution in [0.3, 0.4) is 0 Å². The van der Waals surface area contributed by atoms with Crippen molar-refractivity contribution in [3.8, 4) is 5.75 Å². The van der Waals surface area contributed by atoms with Gasteiger partial charge in [0.2, 0.25) is 0 Å². The molecular formula is C16H21NO2. The first-order chi connectivity index (χ1) is 8.86. The van der Waals surface area contributed by atoms with Crippen LogP contribution in [0.15, 0.2) is 36.5 Å². The molecule has 1 N–H and O–H groups in total. The molecule has 0 aromatic heterocycles. The van der Waals surface area contributed by atoms with E-state index in [9.17, 15) is 4.79 Å². The Morgan fingerprint density at radius 2 is 1.89 bits per heavy atom. The summed E-state index contributed by atoms with van der Waals surface area (Å²) in [5, 5.41) is 2.73. The Labute approximate surface area is 114 Å². The number of hydrogen-bond acceptors (Lipinski definition) is 2. The van der Waals surface area contributed by atoms with Crippen molar-refractivity contribution in [3.63, 3.8) is 0 Å². The molecule has 1 fully saturated rings. The standard InChI is InChI=1S/C16H21NO2/c1-11-5-10-14(15(18)17-11)19-13-8-6-12(7-9-13)16(2,3)4/h6-9,14H,1,5,10H2,2-4H3,(H,17,18). The summed E-state index contributed by atoms with van der Waals surface area (Å²) in [6.07, 6.45) is 1.05. The average molecular weight is 259 g/mol. The highest BCUT2D eigenvalue weighted by Crippen LogP contribution is 2.25. The van der Waals surface area contributed by atoms with Crippen LogP contribution in [-0.4, -0.2) is 12.0 Å². The Bertz CT molecular complexity index is 482. The largest absolute Gasteiger partial charge is 0.481 e. The van der Waals surface area contributed by atoms with E-state index >= 15 is 0 Å². The number of amides is 1. The molecule has 1 unspecified atom stereocenters. The normalized spacial score (nSPS) is 20.1. The van der Waals surface area contributed by atoms with Crippen molar-refractivity contribution in [2.24, 2.45) is 0 Å². The van der Waals surface area contributed by atoms with Gasteiger partial charge in [-0.15, -0.1) is 0 Å². The second-order valence-electron chi connectivity index (χ2n) is 6.01. The van der Waals surface area contributed by atoms with E-state index in [4.69, 9.17) is 4.74 Å². The number of carbonyl (C=O) groups excluding carboxylic acids is 1. The lowest BCUT2D eigenvalue weighted by molar-refractivity contribution is -0.128. The van der Waals surface area contributed by atoms with E-state index in [-0.39, 0.29) is 11.3 Å². The van der Waals surface area contributed by atoms with Crippen LogP contribution < -0.4 is 10.1 Å². The molecule has 102 valence electrons. The maximum Gasteiger partial charge on any atom is 0.265 e. The highest BCUT2D eigenvalue weighted by atomic mass is 16.5. The van der Waals surface area contributed by atoms with Gasteiger partial charge in [0.05, 0.1) is 0 Å². The Morgan fingerprint density at radius 3 is 2.42 bits per heavy atom. The third-order valence-corrected chi connectivity index (χ3v) is 3.30. The topological polar surface area (TPSA) is 38.3 Å². The van der Waals surface area contributed by atoms with Crippen LogP contribution >= 0.6 is 0 Å². The molecule has 3 nitrogen and oxygen atoms in total. The minimum Gasteiger partial charge on any atom is -0.481 e. The molecule has 1 aromatic rings. The molecule has 1 aliphatic rings. The molecular weight excluding hydrogens is 238 g/mol. The summed E-state index contributed by atoms with van der Waals surface area (Å²) in [6, 6.07) is 7.96. The van der Waals surface area contributed by atoms with Crippen molar-refractivity contribution >= 4 is 5.91 Å². The molecule has 1 saturated heterocycles. The Hall–Kier alpha value is -1.77. The predicted octanol–water partition coefficient (Wildman–Crippen LogP) is 3.16. The number of ether oxygens (including phenoxy) is 1. The van der Waals surface area contributed by atoms with E-state index in [0.29, 0.717) is 6.42 Å². The number of hydrogen-bond donors (Lipinski definition) is 1. The fraction of sp³-hybridized carbons (Fsp3) is 0.438. The van der Waals surface area contributed by atoms with Gasteiger partial charge in [-0.05, 0) is 36.0 Å². The zero-order valence-electron chi connectivity index (χ0n) is 11.8.